The quantitative estimate of drug-likeness (QED) is 0.546. The van der Waals surface area contributed by atoms with Gasteiger partial charge in [-0.25, -0.2) is 0 Å². The summed E-state index contributed by atoms with van der Waals surface area (Å²) in [5, 5.41) is 1.01. The van der Waals surface area contributed by atoms with Crippen LogP contribution < -0.4 is 0 Å². The highest BCUT2D eigenvalue weighted by atomic mass is 79.9. The van der Waals surface area contributed by atoms with Crippen molar-refractivity contribution in [2.45, 2.75) is 6.92 Å². The molecule has 1 aromatic heterocycles. The molecular formula is C16H12BrNOS2. The van der Waals surface area contributed by atoms with E-state index in [1.165, 1.54) is 0 Å². The number of carbonyl (C=O) groups is 1. The molecule has 106 valence electrons. The molecule has 0 aliphatic carbocycles. The van der Waals surface area contributed by atoms with E-state index in [9.17, 15) is 4.79 Å². The number of nitrogens with zero attached hydrogens (tertiary/aromatic N) is 1. The lowest BCUT2D eigenvalue weighted by Crippen LogP contribution is -2.07. The van der Waals surface area contributed by atoms with Crippen molar-refractivity contribution in [2.75, 3.05) is 5.08 Å². The Balaban J connectivity index is 2.05. The number of thioether (sulfide) groups is 2. The van der Waals surface area contributed by atoms with Crippen molar-refractivity contribution < 1.29 is 4.79 Å². The van der Waals surface area contributed by atoms with Crippen LogP contribution in [0.3, 0.4) is 0 Å². The summed E-state index contributed by atoms with van der Waals surface area (Å²) in [6.07, 6.45) is 3.45. The zero-order valence-corrected chi connectivity index (χ0v) is 14.5. The number of Topliss-reactive ketones (excluding diaryl/α,β-unsaturated/α-hetero) is 1. The molecule has 2 aromatic rings. The topological polar surface area (TPSA) is 30.0 Å². The Morgan fingerprint density at radius 3 is 2.43 bits per heavy atom. The SMILES string of the molecule is Cc1cc(C(=O)C(=C2SCS2)c2ccncc2)ccc1Br. The maximum absolute atomic E-state index is 12.9. The molecule has 0 saturated carbocycles. The van der Waals surface area contributed by atoms with E-state index < -0.39 is 0 Å². The van der Waals surface area contributed by atoms with Gasteiger partial charge in [0.1, 0.15) is 0 Å². The third-order valence-electron chi connectivity index (χ3n) is 3.20. The number of aryl methyl sites for hydroxylation is 1. The number of ketones is 1. The van der Waals surface area contributed by atoms with Crippen LogP contribution >= 0.6 is 39.5 Å². The van der Waals surface area contributed by atoms with Gasteiger partial charge in [0.05, 0.1) is 4.24 Å². The van der Waals surface area contributed by atoms with E-state index in [1.807, 2.05) is 37.3 Å². The van der Waals surface area contributed by atoms with Crippen molar-refractivity contribution in [3.8, 4) is 0 Å². The molecule has 5 heteroatoms. The summed E-state index contributed by atoms with van der Waals surface area (Å²) in [7, 11) is 0. The standard InChI is InChI=1S/C16H12BrNOS2/c1-10-8-12(2-3-13(10)17)15(19)14(16-20-9-21-16)11-4-6-18-7-5-11/h2-8H,9H2,1H3. The summed E-state index contributed by atoms with van der Waals surface area (Å²) in [4.78, 5) is 17.0. The number of aromatic nitrogens is 1. The molecule has 2 heterocycles. The van der Waals surface area contributed by atoms with E-state index in [4.69, 9.17) is 0 Å². The summed E-state index contributed by atoms with van der Waals surface area (Å²) in [5.74, 6) is 0.0755. The van der Waals surface area contributed by atoms with Crippen LogP contribution in [-0.4, -0.2) is 15.9 Å². The van der Waals surface area contributed by atoms with Crippen molar-refractivity contribution in [3.05, 3.63) is 68.1 Å². The lowest BCUT2D eigenvalue weighted by Gasteiger charge is -2.20. The molecule has 0 radical (unpaired) electrons. The summed E-state index contributed by atoms with van der Waals surface area (Å²) in [6, 6.07) is 9.52. The second kappa shape index (κ2) is 6.38. The minimum Gasteiger partial charge on any atom is -0.289 e. The number of pyridine rings is 1. The van der Waals surface area contributed by atoms with Gasteiger partial charge < -0.3 is 0 Å². The van der Waals surface area contributed by atoms with E-state index in [1.54, 1.807) is 35.9 Å². The monoisotopic (exact) mass is 377 g/mol. The van der Waals surface area contributed by atoms with Crippen LogP contribution in [0.4, 0.5) is 0 Å². The minimum absolute atomic E-state index is 0.0755. The number of rotatable bonds is 3. The van der Waals surface area contributed by atoms with Gasteiger partial charge in [-0.15, -0.1) is 23.5 Å². The lowest BCUT2D eigenvalue weighted by molar-refractivity contribution is 0.105. The molecule has 0 unspecified atom stereocenters. The van der Waals surface area contributed by atoms with Gasteiger partial charge in [0, 0.05) is 33.1 Å². The first-order chi connectivity index (χ1) is 10.2. The normalized spacial score (nSPS) is 13.7. The fraction of sp³-hybridized carbons (Fsp3) is 0.125. The number of halogens is 1. The van der Waals surface area contributed by atoms with E-state index >= 15 is 0 Å². The Hall–Kier alpha value is -1.04. The van der Waals surface area contributed by atoms with Gasteiger partial charge in [-0.05, 0) is 48.4 Å². The lowest BCUT2D eigenvalue weighted by atomic mass is 9.98. The number of allylic oxidation sites excluding steroid dienone is 1. The molecule has 1 saturated heterocycles. The highest BCUT2D eigenvalue weighted by Gasteiger charge is 2.24. The van der Waals surface area contributed by atoms with E-state index in [0.29, 0.717) is 0 Å². The van der Waals surface area contributed by atoms with Crippen LogP contribution in [0.1, 0.15) is 21.5 Å². The summed E-state index contributed by atoms with van der Waals surface area (Å²) in [6.45, 7) is 1.99. The van der Waals surface area contributed by atoms with Gasteiger partial charge >= 0.3 is 0 Å². The number of hydrogen-bond acceptors (Lipinski definition) is 4. The Kier molecular flexibility index (Phi) is 4.52. The van der Waals surface area contributed by atoms with Crippen LogP contribution in [0.2, 0.25) is 0 Å². The first kappa shape index (κ1) is 14.9. The number of hydrogen-bond donors (Lipinski definition) is 0. The molecule has 0 bridgehead atoms. The van der Waals surface area contributed by atoms with Crippen molar-refractivity contribution in [3.63, 3.8) is 0 Å². The number of carbonyl (C=O) groups excluding carboxylic acids is 1. The molecule has 1 aliphatic heterocycles. The van der Waals surface area contributed by atoms with Gasteiger partial charge in [0.2, 0.25) is 0 Å². The van der Waals surface area contributed by atoms with Crippen molar-refractivity contribution in [1.82, 2.24) is 4.98 Å². The average Bonchev–Trinajstić information content (AvgIpc) is 2.46. The Labute approximate surface area is 140 Å². The summed E-state index contributed by atoms with van der Waals surface area (Å²) >= 11 is 6.94. The highest BCUT2D eigenvalue weighted by Crippen LogP contribution is 2.48. The van der Waals surface area contributed by atoms with Gasteiger partial charge in [0.15, 0.2) is 5.78 Å². The molecule has 0 amide bonds. The molecule has 0 atom stereocenters. The summed E-state index contributed by atoms with van der Waals surface area (Å²) < 4.78 is 2.12. The summed E-state index contributed by atoms with van der Waals surface area (Å²) in [5.41, 5.74) is 3.52. The Morgan fingerprint density at radius 1 is 1.14 bits per heavy atom. The van der Waals surface area contributed by atoms with Crippen LogP contribution in [0.5, 0.6) is 0 Å². The minimum atomic E-state index is 0.0755. The third-order valence-corrected chi connectivity index (χ3v) is 6.67. The van der Waals surface area contributed by atoms with Crippen LogP contribution in [0, 0.1) is 6.92 Å². The van der Waals surface area contributed by atoms with Gasteiger partial charge in [-0.1, -0.05) is 15.9 Å². The second-order valence-corrected chi connectivity index (χ2v) is 8.05. The second-order valence-electron chi connectivity index (χ2n) is 4.60. The highest BCUT2D eigenvalue weighted by molar-refractivity contribution is 9.10. The molecule has 3 rings (SSSR count). The van der Waals surface area contributed by atoms with E-state index in [2.05, 4.69) is 20.9 Å². The molecule has 1 aromatic carbocycles. The molecule has 1 fully saturated rings. The first-order valence-electron chi connectivity index (χ1n) is 6.38. The average molecular weight is 378 g/mol. The Morgan fingerprint density at radius 2 is 1.86 bits per heavy atom. The molecule has 0 N–H and O–H groups in total. The largest absolute Gasteiger partial charge is 0.289 e. The van der Waals surface area contributed by atoms with E-state index in [0.717, 1.165) is 36.1 Å². The molecule has 1 aliphatic rings. The van der Waals surface area contributed by atoms with Crippen molar-refractivity contribution in [2.24, 2.45) is 0 Å². The predicted octanol–water partition coefficient (Wildman–Crippen LogP) is 5.14. The van der Waals surface area contributed by atoms with Gasteiger partial charge in [-0.2, -0.15) is 0 Å². The zero-order chi connectivity index (χ0) is 14.8. The van der Waals surface area contributed by atoms with Crippen LogP contribution in [0.15, 0.2) is 51.4 Å². The van der Waals surface area contributed by atoms with Crippen LogP contribution in [-0.2, 0) is 0 Å². The number of benzene rings is 1. The third kappa shape index (κ3) is 3.10. The molecule has 0 spiro atoms. The maximum Gasteiger partial charge on any atom is 0.195 e. The Bertz CT molecular complexity index is 722. The fourth-order valence-electron chi connectivity index (χ4n) is 2.05. The maximum atomic E-state index is 12.9. The van der Waals surface area contributed by atoms with Gasteiger partial charge in [-0.3, -0.25) is 9.78 Å². The van der Waals surface area contributed by atoms with Crippen molar-refractivity contribution >= 4 is 50.8 Å². The predicted molar refractivity (Wildman–Crippen MR) is 94.4 cm³/mol. The molecular weight excluding hydrogens is 366 g/mol. The zero-order valence-electron chi connectivity index (χ0n) is 11.3. The van der Waals surface area contributed by atoms with Gasteiger partial charge in [0.25, 0.3) is 0 Å². The van der Waals surface area contributed by atoms with E-state index in [-0.39, 0.29) is 5.78 Å². The smallest absolute Gasteiger partial charge is 0.195 e. The first-order valence-corrected chi connectivity index (χ1v) is 9.14. The molecule has 21 heavy (non-hydrogen) atoms. The van der Waals surface area contributed by atoms with Crippen LogP contribution in [0.25, 0.3) is 5.57 Å². The van der Waals surface area contributed by atoms with Crippen molar-refractivity contribution in [1.29, 1.82) is 0 Å². The fourth-order valence-corrected chi connectivity index (χ4v) is 3.95. The molecule has 2 nitrogen and oxygen atoms in total.